The van der Waals surface area contributed by atoms with Crippen molar-refractivity contribution in [2.75, 3.05) is 0 Å². The molecule has 0 saturated carbocycles. The molecular weight excluding hydrogens is 204 g/mol. The SMILES string of the molecule is CC(N)CCCC(=O)NC1CC2CCC1O2. The van der Waals surface area contributed by atoms with Gasteiger partial charge in [0.2, 0.25) is 5.91 Å². The Morgan fingerprint density at radius 2 is 2.38 bits per heavy atom. The van der Waals surface area contributed by atoms with Crippen LogP contribution in [0.15, 0.2) is 0 Å². The number of hydrogen-bond acceptors (Lipinski definition) is 3. The third-order valence-corrected chi connectivity index (χ3v) is 3.52. The van der Waals surface area contributed by atoms with Gasteiger partial charge in [0.15, 0.2) is 0 Å². The third kappa shape index (κ3) is 2.95. The van der Waals surface area contributed by atoms with Crippen molar-refractivity contribution in [2.45, 2.75) is 69.7 Å². The molecule has 16 heavy (non-hydrogen) atoms. The number of amides is 1. The number of rotatable bonds is 5. The maximum Gasteiger partial charge on any atom is 0.220 e. The van der Waals surface area contributed by atoms with Gasteiger partial charge in [0, 0.05) is 12.5 Å². The van der Waals surface area contributed by atoms with Crippen molar-refractivity contribution in [1.29, 1.82) is 0 Å². The van der Waals surface area contributed by atoms with E-state index in [2.05, 4.69) is 5.32 Å². The summed E-state index contributed by atoms with van der Waals surface area (Å²) in [6.07, 6.45) is 6.35. The van der Waals surface area contributed by atoms with Crippen molar-refractivity contribution in [3.8, 4) is 0 Å². The van der Waals surface area contributed by atoms with E-state index in [1.807, 2.05) is 6.92 Å². The number of ether oxygens (including phenoxy) is 1. The van der Waals surface area contributed by atoms with Crippen molar-refractivity contribution in [3.05, 3.63) is 0 Å². The van der Waals surface area contributed by atoms with Crippen molar-refractivity contribution in [2.24, 2.45) is 5.73 Å². The van der Waals surface area contributed by atoms with Crippen molar-refractivity contribution < 1.29 is 9.53 Å². The molecular formula is C12H22N2O2. The molecule has 2 aliphatic heterocycles. The van der Waals surface area contributed by atoms with Crippen LogP contribution in [0, 0.1) is 0 Å². The fraction of sp³-hybridized carbons (Fsp3) is 0.917. The van der Waals surface area contributed by atoms with Gasteiger partial charge >= 0.3 is 0 Å². The minimum absolute atomic E-state index is 0.154. The first-order valence-electron chi connectivity index (χ1n) is 6.35. The molecule has 1 amide bonds. The Kier molecular flexibility index (Phi) is 3.82. The van der Waals surface area contributed by atoms with E-state index in [0.717, 1.165) is 25.7 Å². The Morgan fingerprint density at radius 3 is 2.94 bits per heavy atom. The predicted octanol–water partition coefficient (Wildman–Crippen LogP) is 0.940. The molecule has 0 aliphatic carbocycles. The van der Waals surface area contributed by atoms with Gasteiger partial charge < -0.3 is 15.8 Å². The van der Waals surface area contributed by atoms with E-state index in [0.29, 0.717) is 12.5 Å². The maximum atomic E-state index is 11.6. The van der Waals surface area contributed by atoms with E-state index in [4.69, 9.17) is 10.5 Å². The number of carbonyl (C=O) groups excluding carboxylic acids is 1. The smallest absolute Gasteiger partial charge is 0.220 e. The lowest BCUT2D eigenvalue weighted by molar-refractivity contribution is -0.122. The first kappa shape index (κ1) is 11.9. The van der Waals surface area contributed by atoms with Gasteiger partial charge in [0.25, 0.3) is 0 Å². The van der Waals surface area contributed by atoms with E-state index in [1.54, 1.807) is 0 Å². The predicted molar refractivity (Wildman–Crippen MR) is 61.9 cm³/mol. The normalized spacial score (nSPS) is 34.0. The molecule has 0 aromatic heterocycles. The highest BCUT2D eigenvalue weighted by Gasteiger charge is 2.41. The summed E-state index contributed by atoms with van der Waals surface area (Å²) in [5.74, 6) is 0.154. The highest BCUT2D eigenvalue weighted by Crippen LogP contribution is 2.34. The lowest BCUT2D eigenvalue weighted by Gasteiger charge is -2.20. The third-order valence-electron chi connectivity index (χ3n) is 3.52. The van der Waals surface area contributed by atoms with Crippen LogP contribution >= 0.6 is 0 Å². The molecule has 2 heterocycles. The van der Waals surface area contributed by atoms with Gasteiger partial charge in [-0.1, -0.05) is 0 Å². The number of carbonyl (C=O) groups is 1. The van der Waals surface area contributed by atoms with Gasteiger partial charge in [-0.3, -0.25) is 4.79 Å². The molecule has 0 spiro atoms. The van der Waals surface area contributed by atoms with Gasteiger partial charge in [-0.25, -0.2) is 0 Å². The van der Waals surface area contributed by atoms with Crippen molar-refractivity contribution in [3.63, 3.8) is 0 Å². The van der Waals surface area contributed by atoms with Gasteiger partial charge in [-0.15, -0.1) is 0 Å². The quantitative estimate of drug-likeness (QED) is 0.733. The molecule has 4 atom stereocenters. The molecule has 0 radical (unpaired) electrons. The lowest BCUT2D eigenvalue weighted by Crippen LogP contribution is -2.41. The highest BCUT2D eigenvalue weighted by molar-refractivity contribution is 5.76. The fourth-order valence-electron chi connectivity index (χ4n) is 2.65. The Hall–Kier alpha value is -0.610. The number of nitrogens with one attached hydrogen (secondary N) is 1. The van der Waals surface area contributed by atoms with E-state index < -0.39 is 0 Å². The first-order chi connectivity index (χ1) is 7.65. The van der Waals surface area contributed by atoms with E-state index in [1.165, 1.54) is 6.42 Å². The Balaban J connectivity index is 1.64. The molecule has 0 aromatic rings. The summed E-state index contributed by atoms with van der Waals surface area (Å²) in [6, 6.07) is 0.458. The summed E-state index contributed by atoms with van der Waals surface area (Å²) in [5.41, 5.74) is 5.64. The second kappa shape index (κ2) is 5.15. The topological polar surface area (TPSA) is 64.4 Å². The molecule has 0 aromatic carbocycles. The van der Waals surface area contributed by atoms with E-state index >= 15 is 0 Å². The van der Waals surface area contributed by atoms with Gasteiger partial charge in [0.05, 0.1) is 18.2 Å². The van der Waals surface area contributed by atoms with Crippen LogP contribution in [0.5, 0.6) is 0 Å². The van der Waals surface area contributed by atoms with Crippen LogP contribution in [0.4, 0.5) is 0 Å². The summed E-state index contributed by atoms with van der Waals surface area (Å²) in [5, 5.41) is 3.08. The van der Waals surface area contributed by atoms with E-state index in [9.17, 15) is 4.79 Å². The molecule has 4 nitrogen and oxygen atoms in total. The molecule has 3 N–H and O–H groups in total. The van der Waals surface area contributed by atoms with Crippen molar-refractivity contribution in [1.82, 2.24) is 5.32 Å². The molecule has 2 aliphatic rings. The number of fused-ring (bicyclic) bond motifs is 2. The van der Waals surface area contributed by atoms with Crippen LogP contribution in [0.2, 0.25) is 0 Å². The summed E-state index contributed by atoms with van der Waals surface area (Å²) < 4.78 is 5.69. The van der Waals surface area contributed by atoms with Crippen molar-refractivity contribution >= 4 is 5.91 Å². The first-order valence-corrected chi connectivity index (χ1v) is 6.35. The summed E-state index contributed by atoms with van der Waals surface area (Å²) in [7, 11) is 0. The molecule has 2 fully saturated rings. The molecule has 2 bridgehead atoms. The van der Waals surface area contributed by atoms with Crippen LogP contribution in [0.25, 0.3) is 0 Å². The fourth-order valence-corrected chi connectivity index (χ4v) is 2.65. The summed E-state index contributed by atoms with van der Waals surface area (Å²) in [6.45, 7) is 1.97. The average Bonchev–Trinajstić information content (AvgIpc) is 2.78. The monoisotopic (exact) mass is 226 g/mol. The van der Waals surface area contributed by atoms with Crippen LogP contribution in [0.3, 0.4) is 0 Å². The average molecular weight is 226 g/mol. The number of nitrogens with two attached hydrogens (primary N) is 1. The van der Waals surface area contributed by atoms with Crippen LogP contribution in [0.1, 0.15) is 45.4 Å². The zero-order valence-electron chi connectivity index (χ0n) is 9.95. The van der Waals surface area contributed by atoms with Gasteiger partial charge in [0.1, 0.15) is 0 Å². The second-order valence-electron chi connectivity index (χ2n) is 5.15. The van der Waals surface area contributed by atoms with Crippen LogP contribution < -0.4 is 11.1 Å². The molecule has 2 rings (SSSR count). The van der Waals surface area contributed by atoms with Crippen LogP contribution in [-0.2, 0) is 9.53 Å². The standard InChI is InChI=1S/C12H22N2O2/c1-8(13)3-2-4-12(15)14-10-7-9-5-6-11(10)16-9/h8-11H,2-7,13H2,1H3,(H,14,15). The zero-order valence-corrected chi connectivity index (χ0v) is 9.95. The Bertz CT molecular complexity index is 255. The molecule has 4 unspecified atom stereocenters. The molecule has 4 heteroatoms. The minimum atomic E-state index is 0.154. The summed E-state index contributed by atoms with van der Waals surface area (Å²) in [4.78, 5) is 11.6. The maximum absolute atomic E-state index is 11.6. The lowest BCUT2D eigenvalue weighted by atomic mass is 9.95. The van der Waals surface area contributed by atoms with E-state index in [-0.39, 0.29) is 24.1 Å². The molecule has 92 valence electrons. The largest absolute Gasteiger partial charge is 0.373 e. The van der Waals surface area contributed by atoms with Gasteiger partial charge in [-0.05, 0) is 39.0 Å². The summed E-state index contributed by atoms with van der Waals surface area (Å²) >= 11 is 0. The minimum Gasteiger partial charge on any atom is -0.373 e. The second-order valence-corrected chi connectivity index (χ2v) is 5.15. The molecule has 2 saturated heterocycles. The zero-order chi connectivity index (χ0) is 11.5. The van der Waals surface area contributed by atoms with Gasteiger partial charge in [-0.2, -0.15) is 0 Å². The Labute approximate surface area is 96.9 Å². The van der Waals surface area contributed by atoms with Crippen LogP contribution in [-0.4, -0.2) is 30.2 Å². The highest BCUT2D eigenvalue weighted by atomic mass is 16.5. The number of hydrogen-bond donors (Lipinski definition) is 2. The Morgan fingerprint density at radius 1 is 1.56 bits per heavy atom.